The molecule has 0 bridgehead atoms. The van der Waals surface area contributed by atoms with Gasteiger partial charge in [0, 0.05) is 18.3 Å². The first-order valence-corrected chi connectivity index (χ1v) is 7.13. The third-order valence-corrected chi connectivity index (χ3v) is 3.00. The molecule has 0 aromatic heterocycles. The number of hydrogen-bond donors (Lipinski definition) is 1. The molecule has 0 spiro atoms. The fourth-order valence-corrected chi connectivity index (χ4v) is 1.86. The third kappa shape index (κ3) is 4.85. The van der Waals surface area contributed by atoms with Gasteiger partial charge in [-0.2, -0.15) is 5.26 Å². The Balaban J connectivity index is 1.93. The summed E-state index contributed by atoms with van der Waals surface area (Å²) in [5, 5.41) is 12.1. The molecule has 0 saturated carbocycles. The van der Waals surface area contributed by atoms with E-state index in [0.717, 1.165) is 30.2 Å². The maximum atomic E-state index is 8.78. The molecule has 0 saturated heterocycles. The Bertz CT molecular complexity index is 612. The highest BCUT2D eigenvalue weighted by atomic mass is 16.5. The normalized spacial score (nSPS) is 10.2. The molecular formula is C18H20N2O. The maximum absolute atomic E-state index is 8.78. The summed E-state index contributed by atoms with van der Waals surface area (Å²) >= 11 is 0. The van der Waals surface area contributed by atoms with Crippen LogP contribution in [0, 0.1) is 17.2 Å². The Morgan fingerprint density at radius 2 is 1.90 bits per heavy atom. The van der Waals surface area contributed by atoms with Crippen LogP contribution in [0.4, 0.5) is 5.69 Å². The standard InChI is InChI=1S/C18H20N2O/c1-14(2)13-21-18-5-3-4-17(10-18)20-12-16-8-6-15(11-19)7-9-16/h3-10,14,20H,12-13H2,1-2H3. The molecule has 108 valence electrons. The predicted molar refractivity (Wildman–Crippen MR) is 85.3 cm³/mol. The monoisotopic (exact) mass is 280 g/mol. The summed E-state index contributed by atoms with van der Waals surface area (Å²) in [4.78, 5) is 0. The lowest BCUT2D eigenvalue weighted by Crippen LogP contribution is -2.05. The molecule has 1 N–H and O–H groups in total. The predicted octanol–water partition coefficient (Wildman–Crippen LogP) is 4.21. The quantitative estimate of drug-likeness (QED) is 0.862. The number of hydrogen-bond acceptors (Lipinski definition) is 3. The van der Waals surface area contributed by atoms with Gasteiger partial charge < -0.3 is 10.1 Å². The van der Waals surface area contributed by atoms with Crippen LogP contribution < -0.4 is 10.1 Å². The molecule has 0 fully saturated rings. The minimum atomic E-state index is 0.514. The zero-order chi connectivity index (χ0) is 15.1. The molecular weight excluding hydrogens is 260 g/mol. The molecule has 0 radical (unpaired) electrons. The van der Waals surface area contributed by atoms with Crippen LogP contribution in [-0.2, 0) is 6.54 Å². The first kappa shape index (κ1) is 14.9. The molecule has 0 amide bonds. The molecule has 2 aromatic carbocycles. The molecule has 2 rings (SSSR count). The Morgan fingerprint density at radius 1 is 1.14 bits per heavy atom. The highest BCUT2D eigenvalue weighted by Gasteiger charge is 2.00. The largest absolute Gasteiger partial charge is 0.493 e. The average Bonchev–Trinajstić information content (AvgIpc) is 2.52. The minimum Gasteiger partial charge on any atom is -0.493 e. The lowest BCUT2D eigenvalue weighted by atomic mass is 10.1. The zero-order valence-corrected chi connectivity index (χ0v) is 12.5. The van der Waals surface area contributed by atoms with Gasteiger partial charge in [0.2, 0.25) is 0 Å². The lowest BCUT2D eigenvalue weighted by Gasteiger charge is -2.11. The van der Waals surface area contributed by atoms with Crippen molar-refractivity contribution in [2.45, 2.75) is 20.4 Å². The highest BCUT2D eigenvalue weighted by Crippen LogP contribution is 2.18. The van der Waals surface area contributed by atoms with Crippen molar-refractivity contribution in [2.24, 2.45) is 5.92 Å². The highest BCUT2D eigenvalue weighted by molar-refractivity contribution is 5.48. The van der Waals surface area contributed by atoms with E-state index in [1.807, 2.05) is 48.5 Å². The molecule has 0 heterocycles. The van der Waals surface area contributed by atoms with Gasteiger partial charge in [-0.15, -0.1) is 0 Å². The summed E-state index contributed by atoms with van der Waals surface area (Å²) < 4.78 is 5.71. The van der Waals surface area contributed by atoms with Gasteiger partial charge in [-0.25, -0.2) is 0 Å². The van der Waals surface area contributed by atoms with Crippen molar-refractivity contribution in [3.05, 3.63) is 59.7 Å². The summed E-state index contributed by atoms with van der Waals surface area (Å²) in [6.07, 6.45) is 0. The molecule has 3 heteroatoms. The molecule has 0 aliphatic carbocycles. The van der Waals surface area contributed by atoms with Gasteiger partial charge in [0.15, 0.2) is 0 Å². The smallest absolute Gasteiger partial charge is 0.121 e. The van der Waals surface area contributed by atoms with Crippen molar-refractivity contribution >= 4 is 5.69 Å². The van der Waals surface area contributed by atoms with Gasteiger partial charge in [0.05, 0.1) is 18.2 Å². The second kappa shape index (κ2) is 7.35. The van der Waals surface area contributed by atoms with E-state index in [9.17, 15) is 0 Å². The van der Waals surface area contributed by atoms with Gasteiger partial charge in [-0.3, -0.25) is 0 Å². The number of nitrogens with one attached hydrogen (secondary N) is 1. The molecule has 2 aromatic rings. The molecule has 0 unspecified atom stereocenters. The van der Waals surface area contributed by atoms with Crippen LogP contribution in [-0.4, -0.2) is 6.61 Å². The van der Waals surface area contributed by atoms with Gasteiger partial charge in [0.1, 0.15) is 5.75 Å². The van der Waals surface area contributed by atoms with Crippen molar-refractivity contribution in [3.8, 4) is 11.8 Å². The Morgan fingerprint density at radius 3 is 2.57 bits per heavy atom. The number of nitrogens with zero attached hydrogens (tertiary/aromatic N) is 1. The fourth-order valence-electron chi connectivity index (χ4n) is 1.86. The van der Waals surface area contributed by atoms with Crippen LogP contribution in [0.25, 0.3) is 0 Å². The van der Waals surface area contributed by atoms with E-state index in [1.165, 1.54) is 0 Å². The molecule has 0 atom stereocenters. The number of rotatable bonds is 6. The van der Waals surface area contributed by atoms with Crippen molar-refractivity contribution in [3.63, 3.8) is 0 Å². The van der Waals surface area contributed by atoms with Crippen LogP contribution in [0.15, 0.2) is 48.5 Å². The van der Waals surface area contributed by atoms with Gasteiger partial charge in [-0.05, 0) is 35.7 Å². The molecule has 3 nitrogen and oxygen atoms in total. The summed E-state index contributed by atoms with van der Waals surface area (Å²) in [5.74, 6) is 1.40. The molecule has 0 aliphatic heterocycles. The number of anilines is 1. The molecule has 21 heavy (non-hydrogen) atoms. The van der Waals surface area contributed by atoms with Crippen molar-refractivity contribution in [2.75, 3.05) is 11.9 Å². The van der Waals surface area contributed by atoms with Crippen molar-refractivity contribution in [1.29, 1.82) is 5.26 Å². The van der Waals surface area contributed by atoms with E-state index in [1.54, 1.807) is 0 Å². The van der Waals surface area contributed by atoms with E-state index >= 15 is 0 Å². The van der Waals surface area contributed by atoms with Crippen LogP contribution in [0.1, 0.15) is 25.0 Å². The number of ether oxygens (including phenoxy) is 1. The van der Waals surface area contributed by atoms with Crippen LogP contribution in [0.2, 0.25) is 0 Å². The van der Waals surface area contributed by atoms with E-state index in [2.05, 4.69) is 25.2 Å². The van der Waals surface area contributed by atoms with Gasteiger partial charge in [-0.1, -0.05) is 32.0 Å². The summed E-state index contributed by atoms with van der Waals surface area (Å²) in [7, 11) is 0. The van der Waals surface area contributed by atoms with Gasteiger partial charge in [0.25, 0.3) is 0 Å². The van der Waals surface area contributed by atoms with Crippen LogP contribution >= 0.6 is 0 Å². The third-order valence-electron chi connectivity index (χ3n) is 3.00. The van der Waals surface area contributed by atoms with Crippen LogP contribution in [0.5, 0.6) is 5.75 Å². The summed E-state index contributed by atoms with van der Waals surface area (Å²) in [6.45, 7) is 5.71. The second-order valence-corrected chi connectivity index (χ2v) is 5.39. The summed E-state index contributed by atoms with van der Waals surface area (Å²) in [6, 6.07) is 17.7. The topological polar surface area (TPSA) is 45.0 Å². The average molecular weight is 280 g/mol. The van der Waals surface area contributed by atoms with Crippen molar-refractivity contribution in [1.82, 2.24) is 0 Å². The van der Waals surface area contributed by atoms with E-state index in [0.29, 0.717) is 11.5 Å². The Labute approximate surface area is 126 Å². The lowest BCUT2D eigenvalue weighted by molar-refractivity contribution is 0.271. The Kier molecular flexibility index (Phi) is 5.22. The van der Waals surface area contributed by atoms with E-state index in [-0.39, 0.29) is 0 Å². The first-order valence-electron chi connectivity index (χ1n) is 7.13. The number of benzene rings is 2. The zero-order valence-electron chi connectivity index (χ0n) is 12.5. The maximum Gasteiger partial charge on any atom is 0.121 e. The van der Waals surface area contributed by atoms with Gasteiger partial charge >= 0.3 is 0 Å². The SMILES string of the molecule is CC(C)COc1cccc(NCc2ccc(C#N)cc2)c1. The van der Waals surface area contributed by atoms with E-state index < -0.39 is 0 Å². The van der Waals surface area contributed by atoms with Crippen LogP contribution in [0.3, 0.4) is 0 Å². The van der Waals surface area contributed by atoms with Crippen molar-refractivity contribution < 1.29 is 4.74 Å². The molecule has 0 aliphatic rings. The Hall–Kier alpha value is -2.47. The fraction of sp³-hybridized carbons (Fsp3) is 0.278. The summed E-state index contributed by atoms with van der Waals surface area (Å²) in [5.41, 5.74) is 2.85. The minimum absolute atomic E-state index is 0.514. The van der Waals surface area contributed by atoms with E-state index in [4.69, 9.17) is 10.00 Å². The second-order valence-electron chi connectivity index (χ2n) is 5.39. The number of nitriles is 1. The first-order chi connectivity index (χ1) is 10.2.